The monoisotopic (exact) mass is 692 g/mol. The van der Waals surface area contributed by atoms with E-state index in [0.29, 0.717) is 0 Å². The minimum absolute atomic E-state index is 0.0608. The first-order valence-corrected chi connectivity index (χ1v) is 18.1. The predicted molar refractivity (Wildman–Crippen MR) is 153 cm³/mol. The van der Waals surface area contributed by atoms with Gasteiger partial charge >= 0.3 is 13.6 Å². The molecule has 3 aliphatic rings. The van der Waals surface area contributed by atoms with Gasteiger partial charge in [0, 0.05) is 0 Å². The topological polar surface area (TPSA) is 249 Å². The van der Waals surface area contributed by atoms with Gasteiger partial charge in [0.1, 0.15) is 54.2 Å². The number of thiol groups is 2. The van der Waals surface area contributed by atoms with E-state index < -0.39 is 76.0 Å². The van der Waals surface area contributed by atoms with Crippen molar-refractivity contribution in [3.05, 3.63) is 25.3 Å². The fourth-order valence-electron chi connectivity index (χ4n) is 5.20. The van der Waals surface area contributed by atoms with E-state index in [1.807, 2.05) is 0 Å². The lowest BCUT2D eigenvalue weighted by Gasteiger charge is -2.26. The summed E-state index contributed by atoms with van der Waals surface area (Å²) in [6.07, 6.45) is -6.87. The van der Waals surface area contributed by atoms with Crippen molar-refractivity contribution < 1.29 is 46.2 Å². The Morgan fingerprint density at radius 1 is 0.795 bits per heavy atom. The van der Waals surface area contributed by atoms with Crippen molar-refractivity contribution in [1.82, 2.24) is 39.0 Å². The Morgan fingerprint density at radius 3 is 1.89 bits per heavy atom. The molecule has 0 saturated carbocycles. The van der Waals surface area contributed by atoms with Crippen molar-refractivity contribution in [3.63, 3.8) is 0 Å². The maximum absolute atomic E-state index is 15.8. The van der Waals surface area contributed by atoms with Gasteiger partial charge in [-0.05, 0) is 0 Å². The number of alkyl halides is 1. The van der Waals surface area contributed by atoms with E-state index in [1.54, 1.807) is 0 Å². The van der Waals surface area contributed by atoms with Crippen LogP contribution < -0.4 is 11.5 Å². The second-order valence-electron chi connectivity index (χ2n) is 9.90. The molecule has 3 aliphatic heterocycles. The number of ether oxygens (including phenoxy) is 2. The van der Waals surface area contributed by atoms with Gasteiger partial charge in [0.05, 0.1) is 25.9 Å². The number of halogens is 1. The maximum atomic E-state index is 15.8. The number of rotatable bonds is 2. The predicted octanol–water partition coefficient (Wildman–Crippen LogP) is 1.22. The number of nitrogens with zero attached hydrogens (tertiary/aromatic N) is 8. The molecule has 3 saturated heterocycles. The lowest BCUT2D eigenvalue weighted by Crippen LogP contribution is -2.35. The Balaban J connectivity index is 1.20. The van der Waals surface area contributed by atoms with Crippen LogP contribution in [0.4, 0.5) is 16.0 Å². The molecule has 236 valence electrons. The normalized spacial score (nSPS) is 38.3. The first kappa shape index (κ1) is 30.2. The number of aliphatic hydroxyl groups excluding tert-OH is 1. The van der Waals surface area contributed by atoms with Crippen molar-refractivity contribution in [2.75, 3.05) is 24.7 Å². The fraction of sp³-hybridized carbons (Fsp3) is 0.500. The fourth-order valence-corrected chi connectivity index (χ4v) is 8.14. The standard InChI is InChI=1S/C20H23FN10O9P2S2/c21-9-7-1-35-41(33,43)39-13-8(38-19(12(13)32)30-5-28-10-15(22)24-3-26-17(10)30)2-36-42(34,44)40-14(9)20(37-7)31-6-29-11-16(23)25-4-27-18(11)31/h3-9,12-14,19-20,32H,1-2H2,(H,33,43)(H,34,44)(H2,22,24,26)(H2,23,25,27)/t7?,8?,9-,12-,13-,14-,19-,20-,41-,42-/m1/s1. The Hall–Kier alpha value is -2.49. The van der Waals surface area contributed by atoms with Crippen LogP contribution in [-0.2, 0) is 36.7 Å². The summed E-state index contributed by atoms with van der Waals surface area (Å²) >= 11 is 8.07. The second kappa shape index (κ2) is 11.1. The maximum Gasteiger partial charge on any atom is 0.386 e. The van der Waals surface area contributed by atoms with Crippen LogP contribution in [-0.4, -0.2) is 94.0 Å². The SMILES string of the molecule is Nc1ncnc2c1ncn2[C@@H]1OC2CO[P@@](=O)(S)O[C@@H]3[C@H](F)C(CO[P@@](=O)(S)O[C@H]2[C@H]1O)O[C@H]3n1cnc2c(N)ncnc21. The van der Waals surface area contributed by atoms with Crippen LogP contribution in [0.3, 0.4) is 0 Å². The summed E-state index contributed by atoms with van der Waals surface area (Å²) in [7, 11) is 0. The van der Waals surface area contributed by atoms with Gasteiger partial charge in [-0.1, -0.05) is 24.5 Å². The van der Waals surface area contributed by atoms with Gasteiger partial charge in [0.15, 0.2) is 41.6 Å². The van der Waals surface area contributed by atoms with Gasteiger partial charge in [-0.3, -0.25) is 27.2 Å². The van der Waals surface area contributed by atoms with Gasteiger partial charge in [-0.15, -0.1) is 0 Å². The van der Waals surface area contributed by atoms with E-state index in [0.717, 1.165) is 0 Å². The highest BCUT2D eigenvalue weighted by Crippen LogP contribution is 2.60. The van der Waals surface area contributed by atoms with Crippen LogP contribution in [0, 0.1) is 0 Å². The number of aromatic nitrogens is 8. The molecule has 0 aliphatic carbocycles. The van der Waals surface area contributed by atoms with Gasteiger partial charge in [0.25, 0.3) is 0 Å². The molecule has 4 aromatic rings. The zero-order valence-corrected chi connectivity index (χ0v) is 25.5. The first-order chi connectivity index (χ1) is 20.9. The van der Waals surface area contributed by atoms with Crippen molar-refractivity contribution in [2.45, 2.75) is 49.1 Å². The van der Waals surface area contributed by atoms with Crippen LogP contribution in [0.5, 0.6) is 0 Å². The molecule has 3 fully saturated rings. The molecule has 5 N–H and O–H groups in total. The van der Waals surface area contributed by atoms with Gasteiger partial charge < -0.3 is 26.0 Å². The average Bonchev–Trinajstić information content (AvgIpc) is 3.73. The quantitative estimate of drug-likeness (QED) is 0.146. The Labute approximate surface area is 256 Å². The van der Waals surface area contributed by atoms with Crippen LogP contribution in [0.15, 0.2) is 25.3 Å². The summed E-state index contributed by atoms with van der Waals surface area (Å²) in [5.74, 6) is 0.149. The molecule has 44 heavy (non-hydrogen) atoms. The third-order valence-corrected chi connectivity index (χ3v) is 10.4. The number of hydrogen-bond donors (Lipinski definition) is 5. The highest BCUT2D eigenvalue weighted by molar-refractivity contribution is 8.44. The van der Waals surface area contributed by atoms with Gasteiger partial charge in [0.2, 0.25) is 0 Å². The Bertz CT molecular complexity index is 1840. The summed E-state index contributed by atoms with van der Waals surface area (Å²) in [6.45, 7) is -9.97. The van der Waals surface area contributed by atoms with Crippen LogP contribution in [0.2, 0.25) is 0 Å². The molecule has 7 rings (SSSR count). The second-order valence-corrected chi connectivity index (χ2v) is 15.7. The van der Waals surface area contributed by atoms with Crippen LogP contribution in [0.1, 0.15) is 12.5 Å². The molecule has 2 unspecified atom stereocenters. The van der Waals surface area contributed by atoms with E-state index in [4.69, 9.17) is 39.0 Å². The molecular weight excluding hydrogens is 669 g/mol. The van der Waals surface area contributed by atoms with E-state index in [-0.39, 0.29) is 34.0 Å². The van der Waals surface area contributed by atoms with E-state index in [1.165, 1.54) is 34.4 Å². The number of aliphatic hydroxyl groups is 1. The molecule has 0 spiro atoms. The van der Waals surface area contributed by atoms with E-state index in [2.05, 4.69) is 54.4 Å². The number of hydrogen-bond acceptors (Lipinski definition) is 17. The van der Waals surface area contributed by atoms with E-state index in [9.17, 15) is 14.2 Å². The van der Waals surface area contributed by atoms with Crippen molar-refractivity contribution in [2.24, 2.45) is 0 Å². The molecule has 10 atom stereocenters. The highest BCUT2D eigenvalue weighted by Gasteiger charge is 2.54. The van der Waals surface area contributed by atoms with Gasteiger partial charge in [-0.2, -0.15) is 0 Å². The van der Waals surface area contributed by atoms with Crippen molar-refractivity contribution in [3.8, 4) is 0 Å². The van der Waals surface area contributed by atoms with Crippen molar-refractivity contribution >= 4 is 72.1 Å². The minimum Gasteiger partial charge on any atom is -0.386 e. The Kier molecular flexibility index (Phi) is 7.61. The summed E-state index contributed by atoms with van der Waals surface area (Å²) < 4.78 is 79.2. The third kappa shape index (κ3) is 5.26. The molecular formula is C20H23FN10O9P2S2. The molecule has 0 radical (unpaired) electrons. The third-order valence-electron chi connectivity index (χ3n) is 7.21. The Morgan fingerprint density at radius 2 is 1.30 bits per heavy atom. The van der Waals surface area contributed by atoms with E-state index >= 15 is 4.39 Å². The molecule has 0 amide bonds. The summed E-state index contributed by atoms with van der Waals surface area (Å²) in [5.41, 5.74) is 12.6. The number of nitrogen functional groups attached to an aromatic ring is 2. The van der Waals surface area contributed by atoms with Crippen molar-refractivity contribution in [1.29, 1.82) is 0 Å². The number of imidazole rings is 2. The lowest BCUT2D eigenvalue weighted by atomic mass is 10.1. The zero-order chi connectivity index (χ0) is 31.0. The van der Waals surface area contributed by atoms with Crippen LogP contribution in [0.25, 0.3) is 22.3 Å². The minimum atomic E-state index is -4.39. The summed E-state index contributed by atoms with van der Waals surface area (Å²) in [5, 5.41) is 11.2. The van der Waals surface area contributed by atoms with Crippen LogP contribution >= 0.6 is 38.1 Å². The van der Waals surface area contributed by atoms with Gasteiger partial charge in [-0.25, -0.2) is 43.4 Å². The molecule has 0 aromatic carbocycles. The molecule has 2 bridgehead atoms. The zero-order valence-electron chi connectivity index (χ0n) is 22.0. The molecule has 19 nitrogen and oxygen atoms in total. The molecule has 7 heterocycles. The lowest BCUT2D eigenvalue weighted by molar-refractivity contribution is -0.0572. The number of anilines is 2. The average molecular weight is 693 g/mol. The largest absolute Gasteiger partial charge is 0.386 e. The highest BCUT2D eigenvalue weighted by atomic mass is 32.7. The number of nitrogens with two attached hydrogens (primary N) is 2. The number of fused-ring (bicyclic) bond motifs is 5. The molecule has 24 heteroatoms. The molecule has 4 aromatic heterocycles. The first-order valence-electron chi connectivity index (χ1n) is 12.7. The smallest absolute Gasteiger partial charge is 0.386 e. The summed E-state index contributed by atoms with van der Waals surface area (Å²) in [6, 6.07) is 0. The summed E-state index contributed by atoms with van der Waals surface area (Å²) in [4.78, 5) is 24.3.